The van der Waals surface area contributed by atoms with E-state index in [2.05, 4.69) is 18.2 Å². The van der Waals surface area contributed by atoms with Crippen molar-refractivity contribution in [2.75, 3.05) is 13.4 Å². The van der Waals surface area contributed by atoms with Gasteiger partial charge in [-0.3, -0.25) is 0 Å². The zero-order valence-electron chi connectivity index (χ0n) is 11.6. The Morgan fingerprint density at radius 3 is 2.68 bits per heavy atom. The van der Waals surface area contributed by atoms with E-state index >= 15 is 0 Å². The Hall–Kier alpha value is -1.58. The highest BCUT2D eigenvalue weighted by atomic mass is 16.7. The van der Waals surface area contributed by atoms with Crippen LogP contribution in [0.2, 0.25) is 0 Å². The first-order valence-corrected chi connectivity index (χ1v) is 6.69. The topological polar surface area (TPSA) is 44.5 Å². The normalized spacial score (nSPS) is 12.6. The molecule has 2 aromatic carbocycles. The van der Waals surface area contributed by atoms with Crippen LogP contribution in [0.4, 0.5) is 0 Å². The van der Waals surface area contributed by atoms with Crippen molar-refractivity contribution in [2.24, 2.45) is 5.73 Å². The van der Waals surface area contributed by atoms with E-state index in [1.54, 1.807) is 0 Å². The number of ether oxygens (including phenoxy) is 2. The SMILES string of the molecule is CCOCOc1ccc2ccccc2c1CC(C)N. The smallest absolute Gasteiger partial charge is 0.189 e. The molecule has 0 aliphatic rings. The van der Waals surface area contributed by atoms with Gasteiger partial charge in [-0.15, -0.1) is 0 Å². The first-order chi connectivity index (χ1) is 9.22. The lowest BCUT2D eigenvalue weighted by atomic mass is 9.98. The molecule has 0 spiro atoms. The summed E-state index contributed by atoms with van der Waals surface area (Å²) in [6.45, 7) is 4.89. The second-order valence-corrected chi connectivity index (χ2v) is 4.70. The average Bonchev–Trinajstić information content (AvgIpc) is 2.41. The summed E-state index contributed by atoms with van der Waals surface area (Å²) >= 11 is 0. The van der Waals surface area contributed by atoms with Gasteiger partial charge >= 0.3 is 0 Å². The van der Waals surface area contributed by atoms with Crippen molar-refractivity contribution in [2.45, 2.75) is 26.3 Å². The molecule has 0 aliphatic heterocycles. The van der Waals surface area contributed by atoms with Gasteiger partial charge in [0.1, 0.15) is 5.75 Å². The average molecular weight is 259 g/mol. The van der Waals surface area contributed by atoms with Gasteiger partial charge in [-0.25, -0.2) is 0 Å². The van der Waals surface area contributed by atoms with Gasteiger partial charge in [0.25, 0.3) is 0 Å². The minimum atomic E-state index is 0.0975. The fraction of sp³-hybridized carbons (Fsp3) is 0.375. The molecule has 1 atom stereocenters. The molecule has 3 heteroatoms. The first kappa shape index (κ1) is 13.8. The van der Waals surface area contributed by atoms with Crippen molar-refractivity contribution < 1.29 is 9.47 Å². The van der Waals surface area contributed by atoms with Crippen LogP contribution in [0.5, 0.6) is 5.75 Å². The highest BCUT2D eigenvalue weighted by Gasteiger charge is 2.10. The van der Waals surface area contributed by atoms with Crippen LogP contribution in [0.1, 0.15) is 19.4 Å². The predicted molar refractivity (Wildman–Crippen MR) is 78.4 cm³/mol. The Kier molecular flexibility index (Phi) is 4.77. The molecule has 0 aromatic heterocycles. The molecular formula is C16H21NO2. The molecule has 2 rings (SSSR count). The third kappa shape index (κ3) is 3.46. The molecule has 3 nitrogen and oxygen atoms in total. The lowest BCUT2D eigenvalue weighted by molar-refractivity contribution is 0.0219. The second kappa shape index (κ2) is 6.55. The molecule has 2 aromatic rings. The van der Waals surface area contributed by atoms with E-state index in [-0.39, 0.29) is 12.8 Å². The summed E-state index contributed by atoms with van der Waals surface area (Å²) in [5, 5.41) is 2.41. The third-order valence-electron chi connectivity index (χ3n) is 3.03. The van der Waals surface area contributed by atoms with Gasteiger partial charge in [0.15, 0.2) is 6.79 Å². The van der Waals surface area contributed by atoms with Crippen molar-refractivity contribution in [1.29, 1.82) is 0 Å². The van der Waals surface area contributed by atoms with Gasteiger partial charge in [-0.05, 0) is 37.1 Å². The Morgan fingerprint density at radius 1 is 1.16 bits per heavy atom. The van der Waals surface area contributed by atoms with E-state index in [0.29, 0.717) is 6.61 Å². The van der Waals surface area contributed by atoms with Gasteiger partial charge in [-0.1, -0.05) is 30.3 Å². The van der Waals surface area contributed by atoms with Crippen molar-refractivity contribution in [3.05, 3.63) is 42.0 Å². The zero-order chi connectivity index (χ0) is 13.7. The molecule has 0 radical (unpaired) electrons. The monoisotopic (exact) mass is 259 g/mol. The number of nitrogens with two attached hydrogens (primary N) is 1. The standard InChI is InChI=1S/C16H21NO2/c1-3-18-11-19-16-9-8-13-6-4-5-7-14(13)15(16)10-12(2)17/h4-9,12H,3,10-11,17H2,1-2H3. The molecule has 0 amide bonds. The number of rotatable bonds is 6. The van der Waals surface area contributed by atoms with Crippen LogP contribution in [0, 0.1) is 0 Å². The zero-order valence-corrected chi connectivity index (χ0v) is 11.6. The lowest BCUT2D eigenvalue weighted by Gasteiger charge is -2.15. The molecule has 0 fully saturated rings. The largest absolute Gasteiger partial charge is 0.467 e. The van der Waals surface area contributed by atoms with Crippen molar-refractivity contribution in [3.63, 3.8) is 0 Å². The summed E-state index contributed by atoms with van der Waals surface area (Å²) < 4.78 is 11.0. The van der Waals surface area contributed by atoms with Crippen LogP contribution < -0.4 is 10.5 Å². The van der Waals surface area contributed by atoms with Gasteiger partial charge in [0.05, 0.1) is 0 Å². The summed E-state index contributed by atoms with van der Waals surface area (Å²) in [6, 6.07) is 12.5. The Labute approximate surface area is 114 Å². The van der Waals surface area contributed by atoms with E-state index < -0.39 is 0 Å². The summed E-state index contributed by atoms with van der Waals surface area (Å²) in [4.78, 5) is 0. The lowest BCUT2D eigenvalue weighted by Crippen LogP contribution is -2.18. The number of hydrogen-bond donors (Lipinski definition) is 1. The van der Waals surface area contributed by atoms with Gasteiger partial charge < -0.3 is 15.2 Å². The van der Waals surface area contributed by atoms with Gasteiger partial charge in [0, 0.05) is 18.2 Å². The third-order valence-corrected chi connectivity index (χ3v) is 3.03. The molecule has 0 saturated carbocycles. The Bertz CT molecular complexity index is 537. The summed E-state index contributed by atoms with van der Waals surface area (Å²) in [5.41, 5.74) is 7.11. The van der Waals surface area contributed by atoms with Crippen LogP contribution in [0.25, 0.3) is 10.8 Å². The number of benzene rings is 2. The highest BCUT2D eigenvalue weighted by Crippen LogP contribution is 2.29. The van der Waals surface area contributed by atoms with Gasteiger partial charge in [0.2, 0.25) is 0 Å². The second-order valence-electron chi connectivity index (χ2n) is 4.70. The van der Waals surface area contributed by atoms with Crippen LogP contribution in [-0.2, 0) is 11.2 Å². The van der Waals surface area contributed by atoms with Crippen LogP contribution >= 0.6 is 0 Å². The molecule has 19 heavy (non-hydrogen) atoms. The molecular weight excluding hydrogens is 238 g/mol. The number of fused-ring (bicyclic) bond motifs is 1. The molecule has 0 saturated heterocycles. The van der Waals surface area contributed by atoms with E-state index in [1.807, 2.05) is 32.0 Å². The van der Waals surface area contributed by atoms with Crippen molar-refractivity contribution >= 4 is 10.8 Å². The Morgan fingerprint density at radius 2 is 1.95 bits per heavy atom. The minimum absolute atomic E-state index is 0.0975. The molecule has 0 bridgehead atoms. The number of hydrogen-bond acceptors (Lipinski definition) is 3. The molecule has 102 valence electrons. The summed E-state index contributed by atoms with van der Waals surface area (Å²) in [5.74, 6) is 0.865. The fourth-order valence-electron chi connectivity index (χ4n) is 2.17. The first-order valence-electron chi connectivity index (χ1n) is 6.69. The van der Waals surface area contributed by atoms with Crippen LogP contribution in [0.3, 0.4) is 0 Å². The summed E-state index contributed by atoms with van der Waals surface area (Å²) in [6.07, 6.45) is 0.794. The predicted octanol–water partition coefficient (Wildman–Crippen LogP) is 3.10. The fourth-order valence-corrected chi connectivity index (χ4v) is 2.17. The van der Waals surface area contributed by atoms with Gasteiger partial charge in [-0.2, -0.15) is 0 Å². The molecule has 0 aliphatic carbocycles. The maximum absolute atomic E-state index is 5.95. The maximum atomic E-state index is 5.95. The minimum Gasteiger partial charge on any atom is -0.467 e. The van der Waals surface area contributed by atoms with E-state index in [4.69, 9.17) is 15.2 Å². The quantitative estimate of drug-likeness (QED) is 0.640. The molecule has 2 N–H and O–H groups in total. The molecule has 1 unspecified atom stereocenters. The summed E-state index contributed by atoms with van der Waals surface area (Å²) in [7, 11) is 0. The van der Waals surface area contributed by atoms with E-state index in [9.17, 15) is 0 Å². The Balaban J connectivity index is 2.38. The van der Waals surface area contributed by atoms with Crippen molar-refractivity contribution in [3.8, 4) is 5.75 Å². The van der Waals surface area contributed by atoms with E-state index in [0.717, 1.165) is 17.7 Å². The maximum Gasteiger partial charge on any atom is 0.189 e. The van der Waals surface area contributed by atoms with Crippen LogP contribution in [0.15, 0.2) is 36.4 Å². The van der Waals surface area contributed by atoms with Crippen molar-refractivity contribution in [1.82, 2.24) is 0 Å². The molecule has 0 heterocycles. The van der Waals surface area contributed by atoms with Crippen LogP contribution in [-0.4, -0.2) is 19.4 Å². The van der Waals surface area contributed by atoms with E-state index in [1.165, 1.54) is 10.8 Å². The highest BCUT2D eigenvalue weighted by molar-refractivity contribution is 5.87.